The highest BCUT2D eigenvalue weighted by molar-refractivity contribution is 7.97. The van der Waals surface area contributed by atoms with Gasteiger partial charge >= 0.3 is 0 Å². The van der Waals surface area contributed by atoms with Gasteiger partial charge < -0.3 is 14.6 Å². The monoisotopic (exact) mass is 595 g/mol. The number of pyridine rings is 1. The van der Waals surface area contributed by atoms with Crippen molar-refractivity contribution in [3.63, 3.8) is 0 Å². The quantitative estimate of drug-likeness (QED) is 0.168. The van der Waals surface area contributed by atoms with Crippen LogP contribution in [0.5, 0.6) is 0 Å². The first-order valence-electron chi connectivity index (χ1n) is 14.7. The second-order valence-corrected chi connectivity index (χ2v) is 10.9. The van der Waals surface area contributed by atoms with Crippen LogP contribution in [0.3, 0.4) is 0 Å². The number of nitrogens with zero attached hydrogens (tertiary/aromatic N) is 3. The van der Waals surface area contributed by atoms with Gasteiger partial charge in [0.2, 0.25) is 6.41 Å². The number of rotatable bonds is 7. The standard InChI is InChI=1S/C23H27FN4O.C7H6FNOS.C2H6/c24-17-7-8-20-21(14-17)27-23(26-20)16-6-9-22(25-15-16)28-12-10-19(11-13-28)29-18-4-2-1-3-5-18;8-6-1-3-7(4-2-6)11-9-5-10;1-2/h6-9,14-15,18-19H,1-5,10-13H2,(H,26,27);1-5H,(H,9,10);1-2H3. The van der Waals surface area contributed by atoms with Gasteiger partial charge in [0, 0.05) is 29.7 Å². The predicted octanol–water partition coefficient (Wildman–Crippen LogP) is 7.69. The zero-order valence-corrected chi connectivity index (χ0v) is 25.0. The van der Waals surface area contributed by atoms with E-state index >= 15 is 0 Å². The Balaban J connectivity index is 0.000000263. The van der Waals surface area contributed by atoms with Crippen molar-refractivity contribution in [3.05, 3.63) is 72.4 Å². The Morgan fingerprint density at radius 2 is 1.62 bits per heavy atom. The summed E-state index contributed by atoms with van der Waals surface area (Å²) in [5.41, 5.74) is 2.36. The van der Waals surface area contributed by atoms with Gasteiger partial charge in [0.05, 0.1) is 23.2 Å². The maximum absolute atomic E-state index is 13.4. The number of benzene rings is 2. The summed E-state index contributed by atoms with van der Waals surface area (Å²) in [6.45, 7) is 5.96. The zero-order chi connectivity index (χ0) is 29.7. The Morgan fingerprint density at radius 1 is 0.929 bits per heavy atom. The van der Waals surface area contributed by atoms with Gasteiger partial charge in [0.25, 0.3) is 0 Å². The largest absolute Gasteiger partial charge is 0.375 e. The topological polar surface area (TPSA) is 83.1 Å². The lowest BCUT2D eigenvalue weighted by Gasteiger charge is -2.35. The predicted molar refractivity (Wildman–Crippen MR) is 165 cm³/mol. The first-order chi connectivity index (χ1) is 20.6. The summed E-state index contributed by atoms with van der Waals surface area (Å²) in [5.74, 6) is 1.16. The number of imidazole rings is 1. The number of nitrogens with one attached hydrogen (secondary N) is 2. The number of H-pyrrole nitrogens is 1. The first-order valence-corrected chi connectivity index (χ1v) is 15.5. The van der Waals surface area contributed by atoms with Gasteiger partial charge in [-0.05, 0) is 92.2 Å². The molecule has 2 aliphatic rings. The molecule has 3 heterocycles. The highest BCUT2D eigenvalue weighted by Crippen LogP contribution is 2.27. The summed E-state index contributed by atoms with van der Waals surface area (Å²) < 4.78 is 34.4. The molecule has 2 aromatic heterocycles. The average molecular weight is 596 g/mol. The molecule has 2 aromatic carbocycles. The van der Waals surface area contributed by atoms with Gasteiger partial charge in [0.1, 0.15) is 23.3 Å². The molecule has 1 saturated heterocycles. The first kappa shape index (κ1) is 31.4. The number of carbonyl (C=O) groups excluding carboxylic acids is 1. The summed E-state index contributed by atoms with van der Waals surface area (Å²) >= 11 is 1.14. The van der Waals surface area contributed by atoms with Crippen LogP contribution in [0.1, 0.15) is 58.8 Å². The van der Waals surface area contributed by atoms with E-state index in [4.69, 9.17) is 4.74 Å². The van der Waals surface area contributed by atoms with E-state index in [0.717, 1.165) is 59.7 Å². The Hall–Kier alpha value is -3.50. The molecule has 1 aliphatic carbocycles. The molecule has 6 rings (SSSR count). The molecule has 2 fully saturated rings. The molecule has 1 saturated carbocycles. The number of hydrogen-bond acceptors (Lipinski definition) is 6. The maximum Gasteiger partial charge on any atom is 0.217 e. The molecular formula is C32H39F2N5O2S. The summed E-state index contributed by atoms with van der Waals surface area (Å²) in [6, 6.07) is 14.5. The van der Waals surface area contributed by atoms with Gasteiger partial charge in [-0.15, -0.1) is 0 Å². The average Bonchev–Trinajstić information content (AvgIpc) is 3.46. The zero-order valence-electron chi connectivity index (χ0n) is 24.2. The molecule has 0 bridgehead atoms. The van der Waals surface area contributed by atoms with Crippen molar-refractivity contribution in [1.29, 1.82) is 0 Å². The SMILES string of the molecule is CC.Fc1ccc2nc(-c3ccc(N4CCC(OC5CCCCC5)CC4)nc3)[nH]c2c1.O=CNSc1ccc(F)cc1. The van der Waals surface area contributed by atoms with Crippen LogP contribution in [-0.2, 0) is 9.53 Å². The highest BCUT2D eigenvalue weighted by Gasteiger charge is 2.24. The molecule has 42 heavy (non-hydrogen) atoms. The second-order valence-electron chi connectivity index (χ2n) is 10.0. The van der Waals surface area contributed by atoms with E-state index in [9.17, 15) is 13.6 Å². The van der Waals surface area contributed by atoms with Crippen LogP contribution in [0.2, 0.25) is 0 Å². The highest BCUT2D eigenvalue weighted by atomic mass is 32.2. The van der Waals surface area contributed by atoms with E-state index in [-0.39, 0.29) is 11.6 Å². The van der Waals surface area contributed by atoms with Crippen LogP contribution >= 0.6 is 11.9 Å². The van der Waals surface area contributed by atoms with Crippen LogP contribution in [-0.4, -0.2) is 46.7 Å². The van der Waals surface area contributed by atoms with E-state index in [2.05, 4.69) is 24.6 Å². The van der Waals surface area contributed by atoms with Crippen molar-refractivity contribution < 1.29 is 18.3 Å². The third kappa shape index (κ3) is 9.00. The van der Waals surface area contributed by atoms with Crippen molar-refractivity contribution >= 4 is 35.2 Å². The van der Waals surface area contributed by atoms with Crippen molar-refractivity contribution in [2.45, 2.75) is 75.9 Å². The molecule has 224 valence electrons. The molecule has 7 nitrogen and oxygen atoms in total. The van der Waals surface area contributed by atoms with Gasteiger partial charge in [-0.1, -0.05) is 33.1 Å². The lowest BCUT2D eigenvalue weighted by Crippen LogP contribution is -2.39. The van der Waals surface area contributed by atoms with Crippen molar-refractivity contribution in [1.82, 2.24) is 19.7 Å². The minimum absolute atomic E-state index is 0.267. The van der Waals surface area contributed by atoms with Crippen LogP contribution in [0.25, 0.3) is 22.4 Å². The van der Waals surface area contributed by atoms with Crippen molar-refractivity contribution in [2.24, 2.45) is 0 Å². The number of aromatic nitrogens is 3. The molecule has 10 heteroatoms. The van der Waals surface area contributed by atoms with Gasteiger partial charge in [0.15, 0.2) is 0 Å². The van der Waals surface area contributed by atoms with E-state index < -0.39 is 0 Å². The minimum atomic E-state index is -0.277. The second kappa shape index (κ2) is 16.2. The molecule has 0 spiro atoms. The Morgan fingerprint density at radius 3 is 2.29 bits per heavy atom. The summed E-state index contributed by atoms with van der Waals surface area (Å²) in [5, 5.41) is 0. The molecule has 0 radical (unpaired) electrons. The number of aromatic amines is 1. The van der Waals surface area contributed by atoms with Crippen LogP contribution in [0.15, 0.2) is 65.7 Å². The number of amides is 1. The number of ether oxygens (including phenoxy) is 1. The number of fused-ring (bicyclic) bond motifs is 1. The third-order valence-corrected chi connectivity index (χ3v) is 7.93. The summed E-state index contributed by atoms with van der Waals surface area (Å²) in [7, 11) is 0. The summed E-state index contributed by atoms with van der Waals surface area (Å²) in [4.78, 5) is 25.3. The summed E-state index contributed by atoms with van der Waals surface area (Å²) in [6.07, 6.45) is 11.9. The molecule has 0 unspecified atom stereocenters. The van der Waals surface area contributed by atoms with Crippen LogP contribution in [0.4, 0.5) is 14.6 Å². The Kier molecular flexibility index (Phi) is 12.1. The number of halogens is 2. The fourth-order valence-corrected chi connectivity index (χ4v) is 5.58. The van der Waals surface area contributed by atoms with E-state index in [1.807, 2.05) is 32.2 Å². The number of anilines is 1. The van der Waals surface area contributed by atoms with Gasteiger partial charge in [-0.25, -0.2) is 18.7 Å². The lowest BCUT2D eigenvalue weighted by atomic mass is 9.97. The Bertz CT molecular complexity index is 1370. The van der Waals surface area contributed by atoms with E-state index in [1.54, 1.807) is 18.2 Å². The molecule has 0 atom stereocenters. The van der Waals surface area contributed by atoms with E-state index in [0.29, 0.717) is 30.0 Å². The smallest absolute Gasteiger partial charge is 0.217 e. The van der Waals surface area contributed by atoms with Crippen LogP contribution < -0.4 is 9.62 Å². The molecule has 1 amide bonds. The minimum Gasteiger partial charge on any atom is -0.375 e. The maximum atomic E-state index is 13.4. The Labute approximate surface area is 250 Å². The normalized spacial score (nSPS) is 15.8. The molecule has 2 N–H and O–H groups in total. The number of hydrogen-bond donors (Lipinski definition) is 2. The van der Waals surface area contributed by atoms with E-state index in [1.165, 1.54) is 56.4 Å². The molecule has 4 aromatic rings. The fourth-order valence-electron chi connectivity index (χ4n) is 5.12. The number of piperidine rings is 1. The van der Waals surface area contributed by atoms with Gasteiger partial charge in [-0.3, -0.25) is 9.52 Å². The van der Waals surface area contributed by atoms with Crippen LogP contribution in [0, 0.1) is 11.6 Å². The third-order valence-electron chi connectivity index (χ3n) is 7.21. The molecule has 1 aliphatic heterocycles. The van der Waals surface area contributed by atoms with Gasteiger partial charge in [-0.2, -0.15) is 0 Å². The van der Waals surface area contributed by atoms with Crippen molar-refractivity contribution in [2.75, 3.05) is 18.0 Å². The lowest BCUT2D eigenvalue weighted by molar-refractivity contribution is -0.107. The van der Waals surface area contributed by atoms with Crippen molar-refractivity contribution in [3.8, 4) is 11.4 Å². The molecular weight excluding hydrogens is 556 g/mol. The number of carbonyl (C=O) groups is 1. The fraction of sp³-hybridized carbons (Fsp3) is 0.406.